The van der Waals surface area contributed by atoms with Crippen LogP contribution in [0.2, 0.25) is 5.02 Å². The van der Waals surface area contributed by atoms with Crippen LogP contribution in [0.4, 0.5) is 0 Å². The SMILES string of the molecule is O=C(NC(Cc1c[nH]c2ccccc12)C(=O)N1CCCC(O)C1)c1ccccc1Cl. The number of amides is 2. The molecule has 1 fully saturated rings. The molecule has 1 aliphatic heterocycles. The third kappa shape index (κ3) is 4.35. The Morgan fingerprint density at radius 3 is 2.77 bits per heavy atom. The van der Waals surface area contributed by atoms with Gasteiger partial charge in [0.25, 0.3) is 5.91 Å². The number of carbonyl (C=O) groups is 2. The number of likely N-dealkylation sites (tertiary alicyclic amines) is 1. The van der Waals surface area contributed by atoms with E-state index in [1.54, 1.807) is 29.2 Å². The smallest absolute Gasteiger partial charge is 0.253 e. The number of aliphatic hydroxyl groups excluding tert-OH is 1. The van der Waals surface area contributed by atoms with E-state index >= 15 is 0 Å². The first-order chi connectivity index (χ1) is 14.5. The summed E-state index contributed by atoms with van der Waals surface area (Å²) in [5.41, 5.74) is 2.25. The maximum atomic E-state index is 13.3. The zero-order valence-electron chi connectivity index (χ0n) is 16.5. The van der Waals surface area contributed by atoms with Crippen LogP contribution in [0.15, 0.2) is 54.7 Å². The fourth-order valence-electron chi connectivity index (χ4n) is 3.98. The Bertz CT molecular complexity index is 1060. The molecule has 1 aromatic heterocycles. The normalized spacial score (nSPS) is 17.7. The van der Waals surface area contributed by atoms with Gasteiger partial charge in [0.2, 0.25) is 5.91 Å². The Labute approximate surface area is 179 Å². The van der Waals surface area contributed by atoms with Gasteiger partial charge >= 0.3 is 0 Å². The van der Waals surface area contributed by atoms with E-state index < -0.39 is 18.1 Å². The second kappa shape index (κ2) is 8.90. The van der Waals surface area contributed by atoms with Crippen molar-refractivity contribution < 1.29 is 14.7 Å². The number of β-amino-alcohol motifs (C(OH)–C–C–N with tert-alkyl or cyclic N) is 1. The Kier molecular flexibility index (Phi) is 6.06. The summed E-state index contributed by atoms with van der Waals surface area (Å²) in [6.45, 7) is 0.855. The van der Waals surface area contributed by atoms with E-state index in [0.717, 1.165) is 22.9 Å². The Hall–Kier alpha value is -2.83. The molecule has 0 radical (unpaired) electrons. The third-order valence-corrected chi connectivity index (χ3v) is 5.86. The quantitative estimate of drug-likeness (QED) is 0.587. The van der Waals surface area contributed by atoms with E-state index in [-0.39, 0.29) is 12.5 Å². The zero-order chi connectivity index (χ0) is 21.1. The fourth-order valence-corrected chi connectivity index (χ4v) is 4.20. The van der Waals surface area contributed by atoms with Crippen molar-refractivity contribution in [1.82, 2.24) is 15.2 Å². The zero-order valence-corrected chi connectivity index (χ0v) is 17.2. The van der Waals surface area contributed by atoms with Crippen molar-refractivity contribution in [2.24, 2.45) is 0 Å². The average molecular weight is 426 g/mol. The van der Waals surface area contributed by atoms with Gasteiger partial charge in [-0.1, -0.05) is 41.9 Å². The molecule has 2 unspecified atom stereocenters. The van der Waals surface area contributed by atoms with Gasteiger partial charge in [0.1, 0.15) is 6.04 Å². The predicted molar refractivity (Wildman–Crippen MR) is 117 cm³/mol. The second-order valence-electron chi connectivity index (χ2n) is 7.65. The number of aromatic nitrogens is 1. The van der Waals surface area contributed by atoms with Crippen molar-refractivity contribution in [3.05, 3.63) is 70.9 Å². The molecule has 2 atom stereocenters. The molecule has 30 heavy (non-hydrogen) atoms. The molecule has 3 aromatic rings. The van der Waals surface area contributed by atoms with Crippen molar-refractivity contribution in [3.8, 4) is 0 Å². The molecule has 2 heterocycles. The van der Waals surface area contributed by atoms with E-state index in [1.165, 1.54) is 0 Å². The first-order valence-electron chi connectivity index (χ1n) is 10.1. The van der Waals surface area contributed by atoms with Crippen molar-refractivity contribution >= 4 is 34.3 Å². The highest BCUT2D eigenvalue weighted by Crippen LogP contribution is 2.21. The van der Waals surface area contributed by atoms with E-state index in [9.17, 15) is 14.7 Å². The molecule has 3 N–H and O–H groups in total. The lowest BCUT2D eigenvalue weighted by molar-refractivity contribution is -0.136. The monoisotopic (exact) mass is 425 g/mol. The molecule has 2 amide bonds. The van der Waals surface area contributed by atoms with Crippen LogP contribution in [0.25, 0.3) is 10.9 Å². The molecule has 0 bridgehead atoms. The maximum absolute atomic E-state index is 13.3. The Balaban J connectivity index is 1.61. The number of aromatic amines is 1. The third-order valence-electron chi connectivity index (χ3n) is 5.53. The van der Waals surface area contributed by atoms with Gasteiger partial charge in [0.05, 0.1) is 16.7 Å². The molecule has 4 rings (SSSR count). The van der Waals surface area contributed by atoms with Gasteiger partial charge in [-0.3, -0.25) is 9.59 Å². The van der Waals surface area contributed by atoms with Gasteiger partial charge < -0.3 is 20.3 Å². The van der Waals surface area contributed by atoms with Gasteiger partial charge in [-0.25, -0.2) is 0 Å². The van der Waals surface area contributed by atoms with Gasteiger partial charge in [-0.2, -0.15) is 0 Å². The summed E-state index contributed by atoms with van der Waals surface area (Å²) in [6, 6.07) is 13.9. The molecule has 156 valence electrons. The number of carbonyl (C=O) groups excluding carboxylic acids is 2. The summed E-state index contributed by atoms with van der Waals surface area (Å²) >= 11 is 6.18. The number of nitrogens with one attached hydrogen (secondary N) is 2. The van der Waals surface area contributed by atoms with Crippen molar-refractivity contribution in [1.29, 1.82) is 0 Å². The van der Waals surface area contributed by atoms with Crippen LogP contribution >= 0.6 is 11.6 Å². The highest BCUT2D eigenvalue weighted by molar-refractivity contribution is 6.33. The fraction of sp³-hybridized carbons (Fsp3) is 0.304. The highest BCUT2D eigenvalue weighted by atomic mass is 35.5. The minimum atomic E-state index is -0.765. The number of rotatable bonds is 5. The molecule has 2 aromatic carbocycles. The lowest BCUT2D eigenvalue weighted by atomic mass is 10.0. The summed E-state index contributed by atoms with van der Waals surface area (Å²) in [5, 5.41) is 14.2. The number of hydrogen-bond acceptors (Lipinski definition) is 3. The van der Waals surface area contributed by atoms with Crippen LogP contribution in [-0.2, 0) is 11.2 Å². The molecule has 1 aliphatic rings. The molecular formula is C23H24ClN3O3. The number of hydrogen-bond donors (Lipinski definition) is 3. The standard InChI is InChI=1S/C23H24ClN3O3/c24-19-9-3-1-8-18(19)22(29)26-21(23(30)27-11-5-6-16(28)14-27)12-15-13-25-20-10-4-2-7-17(15)20/h1-4,7-10,13,16,21,25,28H,5-6,11-12,14H2,(H,26,29). The second-order valence-corrected chi connectivity index (χ2v) is 8.06. The van der Waals surface area contributed by atoms with Gasteiger partial charge in [0.15, 0.2) is 0 Å². The number of aliphatic hydroxyl groups is 1. The van der Waals surface area contributed by atoms with Gasteiger partial charge in [0, 0.05) is 36.6 Å². The van der Waals surface area contributed by atoms with Gasteiger partial charge in [-0.15, -0.1) is 0 Å². The highest BCUT2D eigenvalue weighted by Gasteiger charge is 2.30. The predicted octanol–water partition coefficient (Wildman–Crippen LogP) is 3.15. The van der Waals surface area contributed by atoms with Crippen LogP contribution < -0.4 is 5.32 Å². The lowest BCUT2D eigenvalue weighted by Crippen LogP contribution is -2.53. The number of para-hydroxylation sites is 1. The van der Waals surface area contributed by atoms with E-state index in [4.69, 9.17) is 11.6 Å². The number of benzene rings is 2. The van der Waals surface area contributed by atoms with E-state index in [2.05, 4.69) is 10.3 Å². The van der Waals surface area contributed by atoms with Crippen molar-refractivity contribution in [2.75, 3.05) is 13.1 Å². The van der Waals surface area contributed by atoms with E-state index in [1.807, 2.05) is 30.5 Å². The number of H-pyrrole nitrogens is 1. The Morgan fingerprint density at radius 2 is 1.97 bits per heavy atom. The number of piperidine rings is 1. The molecule has 0 spiro atoms. The van der Waals surface area contributed by atoms with Crippen molar-refractivity contribution in [3.63, 3.8) is 0 Å². The largest absolute Gasteiger partial charge is 0.391 e. The molecule has 0 saturated carbocycles. The summed E-state index contributed by atoms with van der Waals surface area (Å²) in [5.74, 6) is -0.587. The van der Waals surface area contributed by atoms with E-state index in [0.29, 0.717) is 30.0 Å². The van der Waals surface area contributed by atoms with Crippen LogP contribution in [-0.4, -0.2) is 52.0 Å². The minimum absolute atomic E-state index is 0.195. The molecule has 6 nitrogen and oxygen atoms in total. The molecule has 0 aliphatic carbocycles. The first-order valence-corrected chi connectivity index (χ1v) is 10.5. The average Bonchev–Trinajstić information content (AvgIpc) is 3.16. The van der Waals surface area contributed by atoms with Crippen LogP contribution in [0.3, 0.4) is 0 Å². The summed E-state index contributed by atoms with van der Waals surface area (Å²) in [4.78, 5) is 31.1. The molecule has 7 heteroatoms. The van der Waals surface area contributed by atoms with Crippen LogP contribution in [0, 0.1) is 0 Å². The molecular weight excluding hydrogens is 402 g/mol. The summed E-state index contributed by atoms with van der Waals surface area (Å²) in [7, 11) is 0. The van der Waals surface area contributed by atoms with Gasteiger partial charge in [-0.05, 0) is 36.6 Å². The maximum Gasteiger partial charge on any atom is 0.253 e. The minimum Gasteiger partial charge on any atom is -0.391 e. The summed E-state index contributed by atoms with van der Waals surface area (Å²) < 4.78 is 0. The lowest BCUT2D eigenvalue weighted by Gasteiger charge is -2.33. The topological polar surface area (TPSA) is 85.4 Å². The van der Waals surface area contributed by atoms with Crippen molar-refractivity contribution in [2.45, 2.75) is 31.4 Å². The number of fused-ring (bicyclic) bond motifs is 1. The van der Waals surface area contributed by atoms with Crippen LogP contribution in [0.1, 0.15) is 28.8 Å². The Morgan fingerprint density at radius 1 is 1.20 bits per heavy atom. The number of halogens is 1. The molecule has 1 saturated heterocycles. The summed E-state index contributed by atoms with van der Waals surface area (Å²) in [6.07, 6.45) is 3.10. The first kappa shape index (κ1) is 20.4. The van der Waals surface area contributed by atoms with Crippen LogP contribution in [0.5, 0.6) is 0 Å². The number of nitrogens with zero attached hydrogens (tertiary/aromatic N) is 1.